The quantitative estimate of drug-likeness (QED) is 0.638. The van der Waals surface area contributed by atoms with Crippen molar-refractivity contribution in [3.8, 4) is 11.8 Å². The van der Waals surface area contributed by atoms with Gasteiger partial charge in [0.2, 0.25) is 10.0 Å². The maximum absolute atomic E-state index is 12.8. The van der Waals surface area contributed by atoms with E-state index in [-0.39, 0.29) is 29.6 Å². The van der Waals surface area contributed by atoms with E-state index in [0.29, 0.717) is 5.56 Å². The van der Waals surface area contributed by atoms with Crippen molar-refractivity contribution in [2.75, 3.05) is 23.2 Å². The number of anilines is 1. The average Bonchev–Trinajstić information content (AvgIpc) is 2.67. The van der Waals surface area contributed by atoms with Gasteiger partial charge in [0.15, 0.2) is 5.75 Å². The summed E-state index contributed by atoms with van der Waals surface area (Å²) in [7, 11) is -4.08. The number of nitrogens with zero attached hydrogens (tertiary/aromatic N) is 2. The van der Waals surface area contributed by atoms with Gasteiger partial charge in [0.1, 0.15) is 5.75 Å². The van der Waals surface area contributed by atoms with Crippen molar-refractivity contribution in [1.82, 2.24) is 0 Å². The van der Waals surface area contributed by atoms with Crippen LogP contribution in [0.15, 0.2) is 48.5 Å². The molecule has 0 aliphatic rings. The standard InChI is InChI=1S/C20H19ClN2O5S/c1-2-28-20(25)14-29(26,27)23(17-8-9-19(24)18(21)12-17)10-4-7-15-5-3-6-16(11-15)13-22/h3-9,11-12,24H,2,10,14H2,1H3. The summed E-state index contributed by atoms with van der Waals surface area (Å²) in [5.41, 5.74) is 1.38. The van der Waals surface area contributed by atoms with Crippen LogP contribution in [-0.2, 0) is 19.6 Å². The summed E-state index contributed by atoms with van der Waals surface area (Å²) in [6.45, 7) is 1.55. The van der Waals surface area contributed by atoms with Crippen LogP contribution < -0.4 is 4.31 Å². The van der Waals surface area contributed by atoms with Gasteiger partial charge in [-0.15, -0.1) is 0 Å². The van der Waals surface area contributed by atoms with Gasteiger partial charge in [0, 0.05) is 0 Å². The molecule has 1 N–H and O–H groups in total. The molecule has 0 bridgehead atoms. The van der Waals surface area contributed by atoms with Crippen LogP contribution in [0.1, 0.15) is 18.1 Å². The van der Waals surface area contributed by atoms with Crippen molar-refractivity contribution in [2.45, 2.75) is 6.92 Å². The summed E-state index contributed by atoms with van der Waals surface area (Å²) >= 11 is 5.92. The lowest BCUT2D eigenvalue weighted by atomic mass is 10.1. The van der Waals surface area contributed by atoms with Crippen LogP contribution in [0, 0.1) is 11.3 Å². The summed E-state index contributed by atoms with van der Waals surface area (Å²) < 4.78 is 31.3. The number of halogens is 1. The molecule has 0 aliphatic carbocycles. The zero-order chi connectivity index (χ0) is 21.4. The molecule has 0 aliphatic heterocycles. The van der Waals surface area contributed by atoms with Gasteiger partial charge in [-0.3, -0.25) is 9.10 Å². The highest BCUT2D eigenvalue weighted by atomic mass is 35.5. The lowest BCUT2D eigenvalue weighted by Crippen LogP contribution is -2.36. The number of esters is 1. The molecule has 152 valence electrons. The van der Waals surface area contributed by atoms with Gasteiger partial charge in [-0.25, -0.2) is 8.42 Å². The number of phenolic OH excluding ortho intramolecular Hbond substituents is 1. The predicted molar refractivity (Wildman–Crippen MR) is 111 cm³/mol. The molecule has 0 heterocycles. The normalized spacial score (nSPS) is 11.2. The van der Waals surface area contributed by atoms with Crippen LogP contribution in [0.3, 0.4) is 0 Å². The van der Waals surface area contributed by atoms with E-state index in [0.717, 1.165) is 9.87 Å². The molecule has 29 heavy (non-hydrogen) atoms. The van der Waals surface area contributed by atoms with Gasteiger partial charge in [-0.1, -0.05) is 35.9 Å². The zero-order valence-corrected chi connectivity index (χ0v) is 17.2. The molecule has 0 aromatic heterocycles. The molecule has 2 aromatic rings. The van der Waals surface area contributed by atoms with E-state index < -0.39 is 21.7 Å². The van der Waals surface area contributed by atoms with Gasteiger partial charge in [-0.2, -0.15) is 5.26 Å². The second-order valence-electron chi connectivity index (χ2n) is 5.87. The molecule has 0 radical (unpaired) electrons. The summed E-state index contributed by atoms with van der Waals surface area (Å²) in [6.07, 6.45) is 3.25. The number of carbonyl (C=O) groups excluding carboxylic acids is 1. The summed E-state index contributed by atoms with van der Waals surface area (Å²) in [6, 6.07) is 12.8. The highest BCUT2D eigenvalue weighted by Gasteiger charge is 2.26. The summed E-state index contributed by atoms with van der Waals surface area (Å²) in [5.74, 6) is -1.90. The van der Waals surface area contributed by atoms with Crippen LogP contribution >= 0.6 is 11.6 Å². The first kappa shape index (κ1) is 22.3. The molecule has 9 heteroatoms. The van der Waals surface area contributed by atoms with E-state index in [9.17, 15) is 18.3 Å². The van der Waals surface area contributed by atoms with Gasteiger partial charge in [-0.05, 0) is 42.8 Å². The smallest absolute Gasteiger partial charge is 0.323 e. The first-order valence-corrected chi connectivity index (χ1v) is 10.6. The number of benzene rings is 2. The Morgan fingerprint density at radius 3 is 2.72 bits per heavy atom. The van der Waals surface area contributed by atoms with Crippen LogP contribution in [0.25, 0.3) is 6.08 Å². The number of carbonyl (C=O) groups is 1. The first-order valence-electron chi connectivity index (χ1n) is 8.58. The van der Waals surface area contributed by atoms with Crippen molar-refractivity contribution in [3.05, 3.63) is 64.7 Å². The fourth-order valence-electron chi connectivity index (χ4n) is 2.46. The molecular formula is C20H19ClN2O5S. The number of nitriles is 1. The third-order valence-electron chi connectivity index (χ3n) is 3.76. The number of rotatable bonds is 8. The molecule has 0 saturated carbocycles. The second-order valence-corrected chi connectivity index (χ2v) is 8.17. The van der Waals surface area contributed by atoms with E-state index >= 15 is 0 Å². The monoisotopic (exact) mass is 434 g/mol. The van der Waals surface area contributed by atoms with Crippen molar-refractivity contribution in [1.29, 1.82) is 5.26 Å². The molecule has 0 saturated heterocycles. The maximum atomic E-state index is 12.8. The zero-order valence-electron chi connectivity index (χ0n) is 15.6. The number of hydrogen-bond acceptors (Lipinski definition) is 6. The predicted octanol–water partition coefficient (Wildman–Crippen LogP) is 3.33. The van der Waals surface area contributed by atoms with E-state index in [1.807, 2.05) is 6.07 Å². The minimum absolute atomic E-state index is 0.0236. The Kier molecular flexibility index (Phi) is 7.65. The lowest BCUT2D eigenvalue weighted by Gasteiger charge is -2.23. The molecule has 0 amide bonds. The van der Waals surface area contributed by atoms with Crippen molar-refractivity contribution in [2.24, 2.45) is 0 Å². The third kappa shape index (κ3) is 6.24. The highest BCUT2D eigenvalue weighted by molar-refractivity contribution is 7.93. The van der Waals surface area contributed by atoms with Crippen molar-refractivity contribution in [3.63, 3.8) is 0 Å². The molecular weight excluding hydrogens is 416 g/mol. The van der Waals surface area contributed by atoms with Crippen LogP contribution in [0.5, 0.6) is 5.75 Å². The Balaban J connectivity index is 2.33. The summed E-state index contributed by atoms with van der Waals surface area (Å²) in [4.78, 5) is 11.7. The number of sulfonamides is 1. The SMILES string of the molecule is CCOC(=O)CS(=O)(=O)N(CC=Cc1cccc(C#N)c1)c1ccc(O)c(Cl)c1. The van der Waals surface area contributed by atoms with Gasteiger partial charge < -0.3 is 9.84 Å². The number of aromatic hydroxyl groups is 1. The molecule has 0 unspecified atom stereocenters. The fraction of sp³-hybridized carbons (Fsp3) is 0.200. The fourth-order valence-corrected chi connectivity index (χ4v) is 3.92. The first-order chi connectivity index (χ1) is 13.8. The molecule has 2 aromatic carbocycles. The van der Waals surface area contributed by atoms with E-state index in [1.165, 1.54) is 18.2 Å². The third-order valence-corrected chi connectivity index (χ3v) is 5.69. The van der Waals surface area contributed by atoms with Crippen LogP contribution in [-0.4, -0.2) is 38.4 Å². The van der Waals surface area contributed by atoms with Gasteiger partial charge in [0.25, 0.3) is 0 Å². The number of hydrogen-bond donors (Lipinski definition) is 1. The Bertz CT molecular complexity index is 1060. The van der Waals surface area contributed by atoms with Crippen LogP contribution in [0.2, 0.25) is 5.02 Å². The number of phenols is 1. The van der Waals surface area contributed by atoms with E-state index in [1.54, 1.807) is 43.3 Å². The van der Waals surface area contributed by atoms with Crippen LogP contribution in [0.4, 0.5) is 5.69 Å². The largest absolute Gasteiger partial charge is 0.506 e. The Labute approximate surface area is 174 Å². The Hall–Kier alpha value is -3.02. The van der Waals surface area contributed by atoms with Crippen molar-refractivity contribution >= 4 is 39.4 Å². The highest BCUT2D eigenvalue weighted by Crippen LogP contribution is 2.29. The van der Waals surface area contributed by atoms with Gasteiger partial charge >= 0.3 is 5.97 Å². The van der Waals surface area contributed by atoms with E-state index in [2.05, 4.69) is 0 Å². The summed E-state index contributed by atoms with van der Waals surface area (Å²) in [5, 5.41) is 18.5. The molecule has 7 nitrogen and oxygen atoms in total. The topological polar surface area (TPSA) is 108 Å². The molecule has 0 atom stereocenters. The van der Waals surface area contributed by atoms with Crippen molar-refractivity contribution < 1.29 is 23.1 Å². The second kappa shape index (κ2) is 9.96. The van der Waals surface area contributed by atoms with E-state index in [4.69, 9.17) is 21.6 Å². The maximum Gasteiger partial charge on any atom is 0.323 e. The molecule has 0 spiro atoms. The lowest BCUT2D eigenvalue weighted by molar-refractivity contribution is -0.139. The Morgan fingerprint density at radius 1 is 1.31 bits per heavy atom. The molecule has 2 rings (SSSR count). The molecule has 0 fully saturated rings. The minimum atomic E-state index is -4.08. The minimum Gasteiger partial charge on any atom is -0.506 e. The Morgan fingerprint density at radius 2 is 2.07 bits per heavy atom. The van der Waals surface area contributed by atoms with Gasteiger partial charge in [0.05, 0.1) is 35.5 Å². The average molecular weight is 435 g/mol. The number of ether oxygens (including phenoxy) is 1.